The van der Waals surface area contributed by atoms with Gasteiger partial charge in [0.1, 0.15) is 12.3 Å². The average molecular weight is 474 g/mol. The normalized spacial score (nSPS) is 14.8. The zero-order chi connectivity index (χ0) is 23.6. The second-order valence-corrected chi connectivity index (χ2v) is 9.23. The monoisotopic (exact) mass is 474 g/mol. The summed E-state index contributed by atoms with van der Waals surface area (Å²) in [6, 6.07) is 10.6. The van der Waals surface area contributed by atoms with Crippen LogP contribution in [-0.4, -0.2) is 61.6 Å². The van der Waals surface area contributed by atoms with Crippen LogP contribution in [0.4, 0.5) is 5.69 Å². The molecule has 0 atom stereocenters. The smallest absolute Gasteiger partial charge is 0.329 e. The van der Waals surface area contributed by atoms with Gasteiger partial charge in [0.05, 0.1) is 41.8 Å². The molecule has 3 aromatic rings. The van der Waals surface area contributed by atoms with Gasteiger partial charge in [0.25, 0.3) is 5.56 Å². The number of aromatic amines is 1. The zero-order valence-electron chi connectivity index (χ0n) is 17.7. The Morgan fingerprint density at radius 1 is 1.15 bits per heavy atom. The van der Waals surface area contributed by atoms with Crippen LogP contribution in [0.2, 0.25) is 0 Å². The second-order valence-electron chi connectivity index (χ2n) is 7.29. The molecule has 0 radical (unpaired) electrons. The molecule has 11 nitrogen and oxygen atoms in total. The second kappa shape index (κ2) is 9.17. The number of carbonyl (C=O) groups excluding carboxylic acids is 1. The first kappa shape index (κ1) is 22.7. The van der Waals surface area contributed by atoms with Crippen molar-refractivity contribution in [2.24, 2.45) is 0 Å². The lowest BCUT2D eigenvalue weighted by molar-refractivity contribution is -0.116. The maximum Gasteiger partial charge on any atom is 0.329 e. The minimum atomic E-state index is -3.81. The highest BCUT2D eigenvalue weighted by Crippen LogP contribution is 2.29. The first-order chi connectivity index (χ1) is 15.8. The van der Waals surface area contributed by atoms with E-state index in [1.54, 1.807) is 24.3 Å². The molecule has 0 unspecified atom stereocenters. The Morgan fingerprint density at radius 2 is 1.88 bits per heavy atom. The van der Waals surface area contributed by atoms with Crippen molar-refractivity contribution in [2.75, 3.05) is 38.7 Å². The van der Waals surface area contributed by atoms with Crippen LogP contribution in [0.1, 0.15) is 0 Å². The first-order valence-corrected chi connectivity index (χ1v) is 11.5. The van der Waals surface area contributed by atoms with E-state index in [9.17, 15) is 22.8 Å². The van der Waals surface area contributed by atoms with Crippen molar-refractivity contribution < 1.29 is 22.7 Å². The van der Waals surface area contributed by atoms with Gasteiger partial charge in [-0.2, -0.15) is 4.31 Å². The largest absolute Gasteiger partial charge is 0.495 e. The lowest BCUT2D eigenvalue weighted by Crippen LogP contribution is -2.40. The number of methoxy groups -OCH3 is 1. The van der Waals surface area contributed by atoms with E-state index < -0.39 is 33.7 Å². The molecular formula is C21H22N4O7S. The molecule has 0 aliphatic carbocycles. The molecule has 1 amide bonds. The van der Waals surface area contributed by atoms with Crippen molar-refractivity contribution in [1.82, 2.24) is 13.9 Å². The summed E-state index contributed by atoms with van der Waals surface area (Å²) in [5.41, 5.74) is -0.876. The molecule has 0 spiro atoms. The van der Waals surface area contributed by atoms with Crippen molar-refractivity contribution >= 4 is 32.5 Å². The lowest BCUT2D eigenvalue weighted by atomic mass is 10.2. The Balaban J connectivity index is 1.62. The number of amides is 1. The predicted molar refractivity (Wildman–Crippen MR) is 120 cm³/mol. The van der Waals surface area contributed by atoms with E-state index in [2.05, 4.69) is 10.3 Å². The van der Waals surface area contributed by atoms with E-state index in [1.165, 1.54) is 29.6 Å². The Hall–Kier alpha value is -3.48. The number of hydrogen-bond donors (Lipinski definition) is 2. The number of aromatic nitrogens is 2. The van der Waals surface area contributed by atoms with E-state index in [1.807, 2.05) is 0 Å². The van der Waals surface area contributed by atoms with Crippen molar-refractivity contribution in [3.8, 4) is 5.75 Å². The number of fused-ring (bicyclic) bond motifs is 1. The van der Waals surface area contributed by atoms with Gasteiger partial charge >= 0.3 is 5.69 Å². The molecule has 4 rings (SSSR count). The third-order valence-electron chi connectivity index (χ3n) is 5.24. The van der Waals surface area contributed by atoms with Crippen LogP contribution in [0, 0.1) is 0 Å². The molecule has 0 saturated carbocycles. The quantitative estimate of drug-likeness (QED) is 0.526. The van der Waals surface area contributed by atoms with Crippen LogP contribution in [-0.2, 0) is 26.1 Å². The number of benzene rings is 2. The fourth-order valence-corrected chi connectivity index (χ4v) is 4.99. The number of H-pyrrole nitrogens is 1. The molecule has 1 aliphatic heterocycles. The number of para-hydroxylation sites is 1. The van der Waals surface area contributed by atoms with Gasteiger partial charge in [0, 0.05) is 13.1 Å². The van der Waals surface area contributed by atoms with Crippen molar-refractivity contribution in [3.63, 3.8) is 0 Å². The molecule has 2 aromatic carbocycles. The fraction of sp³-hybridized carbons (Fsp3) is 0.286. The number of anilines is 1. The molecule has 12 heteroatoms. The van der Waals surface area contributed by atoms with Gasteiger partial charge in [0.15, 0.2) is 0 Å². The molecular weight excluding hydrogens is 452 g/mol. The Morgan fingerprint density at radius 3 is 2.61 bits per heavy atom. The average Bonchev–Trinajstić information content (AvgIpc) is 2.82. The van der Waals surface area contributed by atoms with Gasteiger partial charge < -0.3 is 19.8 Å². The SMILES string of the molecule is COc1ccc(S(=O)(=O)N2CCOCC2)cc1NC(=O)Cn1c(=O)[nH]c2ccccc2c1=O. The summed E-state index contributed by atoms with van der Waals surface area (Å²) in [6.07, 6.45) is 0. The van der Waals surface area contributed by atoms with Gasteiger partial charge in [-0.15, -0.1) is 0 Å². The summed E-state index contributed by atoms with van der Waals surface area (Å²) in [5, 5.41) is 2.81. The Bertz CT molecular complexity index is 1420. The molecule has 33 heavy (non-hydrogen) atoms. The lowest BCUT2D eigenvalue weighted by Gasteiger charge is -2.26. The molecule has 2 heterocycles. The molecule has 1 fully saturated rings. The summed E-state index contributed by atoms with van der Waals surface area (Å²) in [6.45, 7) is 0.484. The highest BCUT2D eigenvalue weighted by Gasteiger charge is 2.27. The van der Waals surface area contributed by atoms with Crippen molar-refractivity contribution in [3.05, 3.63) is 63.3 Å². The minimum absolute atomic E-state index is 0.0266. The standard InChI is InChI=1S/C21H22N4O7S/c1-31-18-7-6-14(33(29,30)24-8-10-32-11-9-24)12-17(18)22-19(26)13-25-20(27)15-4-2-3-5-16(15)23-21(25)28/h2-7,12H,8-11,13H2,1H3,(H,22,26)(H,23,28). The summed E-state index contributed by atoms with van der Waals surface area (Å²) in [5.74, 6) is -0.471. The summed E-state index contributed by atoms with van der Waals surface area (Å²) in [4.78, 5) is 40.2. The number of rotatable bonds is 6. The number of nitrogens with zero attached hydrogens (tertiary/aromatic N) is 2. The Kier molecular flexibility index (Phi) is 6.31. The van der Waals surface area contributed by atoms with E-state index in [4.69, 9.17) is 9.47 Å². The maximum absolute atomic E-state index is 13.0. The molecule has 1 saturated heterocycles. The fourth-order valence-electron chi connectivity index (χ4n) is 3.56. The zero-order valence-corrected chi connectivity index (χ0v) is 18.6. The van der Waals surface area contributed by atoms with Crippen molar-refractivity contribution in [2.45, 2.75) is 11.4 Å². The number of morpholine rings is 1. The molecule has 174 valence electrons. The summed E-state index contributed by atoms with van der Waals surface area (Å²) >= 11 is 0. The summed E-state index contributed by atoms with van der Waals surface area (Å²) in [7, 11) is -2.43. The van der Waals surface area contributed by atoms with E-state index in [0.717, 1.165) is 4.57 Å². The highest BCUT2D eigenvalue weighted by molar-refractivity contribution is 7.89. The highest BCUT2D eigenvalue weighted by atomic mass is 32.2. The van der Waals surface area contributed by atoms with E-state index in [0.29, 0.717) is 18.7 Å². The first-order valence-electron chi connectivity index (χ1n) is 10.1. The van der Waals surface area contributed by atoms with Crippen LogP contribution < -0.4 is 21.3 Å². The predicted octanol–water partition coefficient (Wildman–Crippen LogP) is 0.358. The molecule has 1 aromatic heterocycles. The number of sulfonamides is 1. The summed E-state index contributed by atoms with van der Waals surface area (Å²) < 4.78 is 38.4. The topological polar surface area (TPSA) is 140 Å². The van der Waals surface area contributed by atoms with Crippen molar-refractivity contribution in [1.29, 1.82) is 0 Å². The Labute approximate surface area is 188 Å². The van der Waals surface area contributed by atoms with Crippen LogP contribution in [0.5, 0.6) is 5.75 Å². The van der Waals surface area contributed by atoms with Crippen LogP contribution in [0.3, 0.4) is 0 Å². The van der Waals surface area contributed by atoms with Crippen LogP contribution in [0.25, 0.3) is 10.9 Å². The molecule has 1 aliphatic rings. The molecule has 0 bridgehead atoms. The van der Waals surface area contributed by atoms with E-state index in [-0.39, 0.29) is 34.8 Å². The number of hydrogen-bond acceptors (Lipinski definition) is 7. The van der Waals surface area contributed by atoms with Crippen LogP contribution in [0.15, 0.2) is 56.9 Å². The van der Waals surface area contributed by atoms with Gasteiger partial charge in [-0.05, 0) is 30.3 Å². The maximum atomic E-state index is 13.0. The third kappa shape index (κ3) is 4.53. The van der Waals surface area contributed by atoms with Gasteiger partial charge in [-0.1, -0.05) is 12.1 Å². The number of nitrogens with one attached hydrogen (secondary N) is 2. The van der Waals surface area contributed by atoms with Crippen LogP contribution >= 0.6 is 0 Å². The molecule has 2 N–H and O–H groups in total. The number of carbonyl (C=O) groups is 1. The third-order valence-corrected chi connectivity index (χ3v) is 7.14. The van der Waals surface area contributed by atoms with E-state index >= 15 is 0 Å². The van der Waals surface area contributed by atoms with Gasteiger partial charge in [0.2, 0.25) is 15.9 Å². The number of ether oxygens (including phenoxy) is 2. The minimum Gasteiger partial charge on any atom is -0.495 e. The van der Waals surface area contributed by atoms with Gasteiger partial charge in [-0.3, -0.25) is 14.2 Å². The van der Waals surface area contributed by atoms with Gasteiger partial charge in [-0.25, -0.2) is 13.2 Å².